The fraction of sp³-hybridized carbons (Fsp3) is 1.00. The average molecular weight is 322 g/mol. The zero-order valence-corrected chi connectivity index (χ0v) is 15.9. The van der Waals surface area contributed by atoms with Crippen molar-refractivity contribution in [3.8, 4) is 0 Å². The molecule has 0 radical (unpaired) electrons. The van der Waals surface area contributed by atoms with Crippen LogP contribution < -0.4 is 0 Å². The monoisotopic (exact) mass is 322 g/mol. The highest BCUT2D eigenvalue weighted by molar-refractivity contribution is 7.41. The molecule has 2 unspecified atom stereocenters. The van der Waals surface area contributed by atoms with Gasteiger partial charge in [-0.25, -0.2) is 0 Å². The van der Waals surface area contributed by atoms with Crippen LogP contribution in [0.15, 0.2) is 0 Å². The van der Waals surface area contributed by atoms with Gasteiger partial charge in [-0.15, -0.1) is 0 Å². The Balaban J connectivity index is 4.11. The van der Waals surface area contributed by atoms with Crippen molar-refractivity contribution in [3.05, 3.63) is 0 Å². The Bertz CT molecular complexity index is 246. The van der Waals surface area contributed by atoms with Gasteiger partial charge >= 0.3 is 8.60 Å². The quantitative estimate of drug-likeness (QED) is 0.438. The predicted molar refractivity (Wildman–Crippen MR) is 89.4 cm³/mol. The van der Waals surface area contributed by atoms with Crippen molar-refractivity contribution in [2.75, 3.05) is 26.9 Å². The van der Waals surface area contributed by atoms with E-state index in [4.69, 9.17) is 18.3 Å². The van der Waals surface area contributed by atoms with Gasteiger partial charge < -0.3 is 18.3 Å². The summed E-state index contributed by atoms with van der Waals surface area (Å²) in [4.78, 5) is 0. The molecule has 0 saturated carbocycles. The molecule has 0 heterocycles. The molecular formula is C16H35O4P. The fourth-order valence-corrected chi connectivity index (χ4v) is 2.95. The Morgan fingerprint density at radius 1 is 1.10 bits per heavy atom. The Hall–Kier alpha value is 0.270. The van der Waals surface area contributed by atoms with Gasteiger partial charge in [0.2, 0.25) is 0 Å². The molecular weight excluding hydrogens is 287 g/mol. The standard InChI is InChI=1S/C16H35O4P/c1-8-10-15(9-2)20-21(17-7)19-13-16(5,6)12-18-11-14(3)4/h14-15H,8-13H2,1-7H3. The van der Waals surface area contributed by atoms with Crippen LogP contribution in [0.4, 0.5) is 0 Å². The van der Waals surface area contributed by atoms with Crippen molar-refractivity contribution in [1.29, 1.82) is 0 Å². The molecule has 0 fully saturated rings. The molecule has 0 rings (SSSR count). The predicted octanol–water partition coefficient (Wildman–Crippen LogP) is 5.17. The summed E-state index contributed by atoms with van der Waals surface area (Å²) in [6.45, 7) is 14.9. The van der Waals surface area contributed by atoms with Crippen LogP contribution in [-0.4, -0.2) is 33.0 Å². The van der Waals surface area contributed by atoms with Gasteiger partial charge in [0.15, 0.2) is 0 Å². The Labute approximate surface area is 132 Å². The van der Waals surface area contributed by atoms with Crippen LogP contribution in [0.3, 0.4) is 0 Å². The zero-order valence-electron chi connectivity index (χ0n) is 15.0. The first-order valence-electron chi connectivity index (χ1n) is 8.06. The molecule has 21 heavy (non-hydrogen) atoms. The van der Waals surface area contributed by atoms with Crippen LogP contribution in [0.1, 0.15) is 60.8 Å². The second-order valence-electron chi connectivity index (χ2n) is 6.68. The van der Waals surface area contributed by atoms with Gasteiger partial charge in [-0.3, -0.25) is 0 Å². The Kier molecular flexibility index (Phi) is 11.9. The summed E-state index contributed by atoms with van der Waals surface area (Å²) in [6.07, 6.45) is 3.37. The van der Waals surface area contributed by atoms with E-state index in [0.717, 1.165) is 25.9 Å². The van der Waals surface area contributed by atoms with E-state index in [-0.39, 0.29) is 11.5 Å². The maximum atomic E-state index is 5.91. The van der Waals surface area contributed by atoms with Gasteiger partial charge in [-0.2, -0.15) is 0 Å². The third kappa shape index (κ3) is 11.5. The molecule has 2 atom stereocenters. The molecule has 5 heteroatoms. The Morgan fingerprint density at radius 2 is 1.76 bits per heavy atom. The van der Waals surface area contributed by atoms with E-state index in [1.54, 1.807) is 7.11 Å². The van der Waals surface area contributed by atoms with Crippen molar-refractivity contribution in [2.45, 2.75) is 66.9 Å². The fourth-order valence-electron chi connectivity index (χ4n) is 1.74. The van der Waals surface area contributed by atoms with E-state index in [0.29, 0.717) is 19.1 Å². The summed E-state index contributed by atoms with van der Waals surface area (Å²) in [6, 6.07) is 0. The van der Waals surface area contributed by atoms with Crippen molar-refractivity contribution in [2.24, 2.45) is 11.3 Å². The number of hydrogen-bond donors (Lipinski definition) is 0. The molecule has 0 N–H and O–H groups in total. The lowest BCUT2D eigenvalue weighted by Gasteiger charge is -2.27. The lowest BCUT2D eigenvalue weighted by atomic mass is 9.96. The third-order valence-corrected chi connectivity index (χ3v) is 4.06. The SMILES string of the molecule is CCCC(CC)OP(OC)OCC(C)(C)COCC(C)C. The third-order valence-electron chi connectivity index (χ3n) is 2.95. The topological polar surface area (TPSA) is 36.9 Å². The molecule has 0 aliphatic carbocycles. The van der Waals surface area contributed by atoms with Crippen molar-refractivity contribution in [1.82, 2.24) is 0 Å². The summed E-state index contributed by atoms with van der Waals surface area (Å²) in [5.41, 5.74) is -0.0379. The molecule has 0 bridgehead atoms. The molecule has 0 aliphatic heterocycles. The summed E-state index contributed by atoms with van der Waals surface area (Å²) in [7, 11) is 0.383. The van der Waals surface area contributed by atoms with Crippen LogP contribution in [-0.2, 0) is 18.3 Å². The minimum Gasteiger partial charge on any atom is -0.381 e. The zero-order chi connectivity index (χ0) is 16.3. The molecule has 0 aromatic rings. The van der Waals surface area contributed by atoms with Gasteiger partial charge in [0.25, 0.3) is 0 Å². The van der Waals surface area contributed by atoms with E-state index in [2.05, 4.69) is 41.5 Å². The minimum atomic E-state index is -1.26. The lowest BCUT2D eigenvalue weighted by molar-refractivity contribution is 0.0146. The molecule has 0 spiro atoms. The van der Waals surface area contributed by atoms with Crippen LogP contribution in [0.5, 0.6) is 0 Å². The van der Waals surface area contributed by atoms with E-state index in [1.807, 2.05) is 0 Å². The van der Waals surface area contributed by atoms with Gasteiger partial charge in [-0.05, 0) is 18.8 Å². The normalized spacial score (nSPS) is 15.4. The summed E-state index contributed by atoms with van der Waals surface area (Å²) in [5, 5.41) is 0. The smallest absolute Gasteiger partial charge is 0.332 e. The van der Waals surface area contributed by atoms with Crippen LogP contribution in [0.25, 0.3) is 0 Å². The van der Waals surface area contributed by atoms with E-state index >= 15 is 0 Å². The van der Waals surface area contributed by atoms with E-state index in [9.17, 15) is 0 Å². The van der Waals surface area contributed by atoms with E-state index in [1.165, 1.54) is 0 Å². The Morgan fingerprint density at radius 3 is 2.24 bits per heavy atom. The highest BCUT2D eigenvalue weighted by Crippen LogP contribution is 2.42. The maximum Gasteiger partial charge on any atom is 0.332 e. The molecule has 128 valence electrons. The summed E-state index contributed by atoms with van der Waals surface area (Å²) >= 11 is 0. The molecule has 0 aromatic heterocycles. The minimum absolute atomic E-state index is 0.0379. The average Bonchev–Trinajstić information content (AvgIpc) is 2.41. The first kappa shape index (κ1) is 21.3. The van der Waals surface area contributed by atoms with Gasteiger partial charge in [0.05, 0.1) is 19.3 Å². The van der Waals surface area contributed by atoms with Crippen LogP contribution in [0, 0.1) is 11.3 Å². The van der Waals surface area contributed by atoms with Crippen molar-refractivity contribution < 1.29 is 18.3 Å². The second kappa shape index (κ2) is 11.8. The van der Waals surface area contributed by atoms with Crippen molar-refractivity contribution in [3.63, 3.8) is 0 Å². The van der Waals surface area contributed by atoms with Gasteiger partial charge in [0, 0.05) is 19.1 Å². The molecule has 4 nitrogen and oxygen atoms in total. The van der Waals surface area contributed by atoms with Crippen LogP contribution >= 0.6 is 8.60 Å². The molecule has 0 aromatic carbocycles. The number of hydrogen-bond acceptors (Lipinski definition) is 4. The number of ether oxygens (including phenoxy) is 1. The summed E-state index contributed by atoms with van der Waals surface area (Å²) in [5.74, 6) is 0.556. The van der Waals surface area contributed by atoms with E-state index < -0.39 is 8.60 Å². The lowest BCUT2D eigenvalue weighted by Crippen LogP contribution is -2.26. The molecule has 0 saturated heterocycles. The van der Waals surface area contributed by atoms with Crippen molar-refractivity contribution >= 4 is 8.60 Å². The van der Waals surface area contributed by atoms with Gasteiger partial charge in [0.1, 0.15) is 0 Å². The second-order valence-corrected chi connectivity index (χ2v) is 7.96. The summed E-state index contributed by atoms with van der Waals surface area (Å²) < 4.78 is 22.8. The largest absolute Gasteiger partial charge is 0.381 e. The van der Waals surface area contributed by atoms with Gasteiger partial charge in [-0.1, -0.05) is 48.0 Å². The highest BCUT2D eigenvalue weighted by Gasteiger charge is 2.24. The first-order valence-corrected chi connectivity index (χ1v) is 9.15. The highest BCUT2D eigenvalue weighted by atomic mass is 31.2. The number of rotatable bonds is 13. The van der Waals surface area contributed by atoms with Crippen LogP contribution in [0.2, 0.25) is 0 Å². The molecule has 0 amide bonds. The molecule has 0 aliphatic rings. The maximum absolute atomic E-state index is 5.91. The first-order chi connectivity index (χ1) is 9.84.